The van der Waals surface area contributed by atoms with Crippen LogP contribution in [0.15, 0.2) is 11.8 Å². The van der Waals surface area contributed by atoms with Gasteiger partial charge in [0.15, 0.2) is 0 Å². The Kier molecular flexibility index (Phi) is 9.73. The largest absolute Gasteiger partial charge is 0.481 e. The number of carboxylic acids is 2. The molecule has 3 N–H and O–H groups in total. The molecule has 0 bridgehead atoms. The molecule has 0 rings (SSSR count). The van der Waals surface area contributed by atoms with Crippen LogP contribution in [0.5, 0.6) is 0 Å². The second-order valence-electron chi connectivity index (χ2n) is 2.52. The number of carboxylic acid groups (broad SMARTS) is 2. The molecule has 0 fully saturated rings. The van der Waals surface area contributed by atoms with E-state index in [2.05, 4.69) is 10.1 Å². The highest BCUT2D eigenvalue weighted by atomic mass is 16.5. The van der Waals surface area contributed by atoms with Crippen LogP contribution in [0.25, 0.3) is 0 Å². The minimum absolute atomic E-state index is 0.0445. The molecular formula is C9H15NO6. The zero-order chi connectivity index (χ0) is 13.1. The van der Waals surface area contributed by atoms with Crippen molar-refractivity contribution in [3.8, 4) is 0 Å². The number of hydrogen-bond donors (Lipinski definition) is 3. The average molecular weight is 233 g/mol. The smallest absolute Gasteiger partial charge is 0.411 e. The fraction of sp³-hybridized carbons (Fsp3) is 0.444. The highest BCUT2D eigenvalue weighted by Gasteiger charge is 2.01. The molecule has 0 heterocycles. The minimum atomic E-state index is -1.08. The van der Waals surface area contributed by atoms with Crippen molar-refractivity contribution in [2.24, 2.45) is 0 Å². The van der Waals surface area contributed by atoms with Crippen molar-refractivity contribution in [1.82, 2.24) is 5.32 Å². The molecule has 92 valence electrons. The maximum atomic E-state index is 10.6. The maximum Gasteiger partial charge on any atom is 0.411 e. The molecule has 16 heavy (non-hydrogen) atoms. The lowest BCUT2D eigenvalue weighted by atomic mass is 10.3. The summed E-state index contributed by atoms with van der Waals surface area (Å²) in [7, 11) is 0. The first kappa shape index (κ1) is 16.4. The SMILES string of the molecule is CC(=O)O.CCOC(=O)NC=C(C)C(=O)O. The van der Waals surface area contributed by atoms with Crippen LogP contribution in [0.1, 0.15) is 20.8 Å². The van der Waals surface area contributed by atoms with Crippen molar-refractivity contribution < 1.29 is 29.3 Å². The van der Waals surface area contributed by atoms with Crippen molar-refractivity contribution >= 4 is 18.0 Å². The summed E-state index contributed by atoms with van der Waals surface area (Å²) in [5.41, 5.74) is 0.0445. The molecule has 0 aliphatic carbocycles. The monoisotopic (exact) mass is 233 g/mol. The van der Waals surface area contributed by atoms with Crippen LogP contribution in [0.4, 0.5) is 4.79 Å². The van der Waals surface area contributed by atoms with E-state index in [0.29, 0.717) is 0 Å². The maximum absolute atomic E-state index is 10.6. The van der Waals surface area contributed by atoms with Gasteiger partial charge in [0.1, 0.15) is 0 Å². The van der Waals surface area contributed by atoms with E-state index in [1.807, 2.05) is 0 Å². The Balaban J connectivity index is 0. The van der Waals surface area contributed by atoms with E-state index in [0.717, 1.165) is 13.1 Å². The number of alkyl carbamates (subject to hydrolysis) is 1. The van der Waals surface area contributed by atoms with E-state index in [1.165, 1.54) is 6.92 Å². The average Bonchev–Trinajstić information content (AvgIpc) is 2.13. The molecular weight excluding hydrogens is 218 g/mol. The minimum Gasteiger partial charge on any atom is -0.481 e. The number of carbonyl (C=O) groups excluding carboxylic acids is 1. The number of nitrogens with one attached hydrogen (secondary N) is 1. The van der Waals surface area contributed by atoms with Gasteiger partial charge in [-0.15, -0.1) is 0 Å². The highest BCUT2D eigenvalue weighted by Crippen LogP contribution is 1.88. The molecule has 0 saturated heterocycles. The Hall–Kier alpha value is -2.05. The van der Waals surface area contributed by atoms with Gasteiger partial charge in [0.25, 0.3) is 5.97 Å². The topological polar surface area (TPSA) is 113 Å². The molecule has 0 aliphatic heterocycles. The molecule has 0 aromatic rings. The first-order valence-electron chi connectivity index (χ1n) is 4.34. The Bertz CT molecular complexity index is 280. The van der Waals surface area contributed by atoms with Gasteiger partial charge >= 0.3 is 12.1 Å². The predicted molar refractivity (Wildman–Crippen MR) is 54.9 cm³/mol. The van der Waals surface area contributed by atoms with Crippen molar-refractivity contribution in [2.45, 2.75) is 20.8 Å². The summed E-state index contributed by atoms with van der Waals surface area (Å²) < 4.78 is 4.48. The third-order valence-electron chi connectivity index (χ3n) is 1.02. The van der Waals surface area contributed by atoms with Crippen molar-refractivity contribution in [1.29, 1.82) is 0 Å². The molecule has 7 heteroatoms. The highest BCUT2D eigenvalue weighted by molar-refractivity contribution is 5.86. The molecule has 0 unspecified atom stereocenters. The van der Waals surface area contributed by atoms with Gasteiger partial charge in [-0.25, -0.2) is 9.59 Å². The Morgan fingerprint density at radius 1 is 1.25 bits per heavy atom. The molecule has 0 radical (unpaired) electrons. The molecule has 0 aromatic carbocycles. The lowest BCUT2D eigenvalue weighted by molar-refractivity contribution is -0.134. The first-order valence-corrected chi connectivity index (χ1v) is 4.34. The van der Waals surface area contributed by atoms with E-state index in [1.54, 1.807) is 6.92 Å². The van der Waals surface area contributed by atoms with Gasteiger partial charge in [-0.2, -0.15) is 0 Å². The van der Waals surface area contributed by atoms with Gasteiger partial charge in [-0.1, -0.05) is 0 Å². The van der Waals surface area contributed by atoms with E-state index in [-0.39, 0.29) is 12.2 Å². The van der Waals surface area contributed by atoms with Crippen LogP contribution in [0.3, 0.4) is 0 Å². The molecule has 0 saturated carbocycles. The van der Waals surface area contributed by atoms with Crippen LogP contribution in [0.2, 0.25) is 0 Å². The standard InChI is InChI=1S/C7H11NO4.C2H4O2/c1-3-12-7(11)8-4-5(2)6(9)10;1-2(3)4/h4H,3H2,1-2H3,(H,8,11)(H,9,10);1H3,(H,3,4). The predicted octanol–water partition coefficient (Wildman–Crippen LogP) is 0.812. The first-order chi connectivity index (χ1) is 7.31. The second kappa shape index (κ2) is 9.50. The Morgan fingerprint density at radius 2 is 1.69 bits per heavy atom. The van der Waals surface area contributed by atoms with Crippen LogP contribution in [-0.2, 0) is 14.3 Å². The summed E-state index contributed by atoms with van der Waals surface area (Å²) in [6, 6.07) is 0. The summed E-state index contributed by atoms with van der Waals surface area (Å²) in [6.07, 6.45) is 0.429. The summed E-state index contributed by atoms with van der Waals surface area (Å²) in [4.78, 5) is 29.8. The number of ether oxygens (including phenoxy) is 1. The molecule has 0 atom stereocenters. The molecule has 0 aromatic heterocycles. The molecule has 7 nitrogen and oxygen atoms in total. The fourth-order valence-electron chi connectivity index (χ4n) is 0.402. The summed E-state index contributed by atoms with van der Waals surface area (Å²) in [5, 5.41) is 17.9. The number of hydrogen-bond acceptors (Lipinski definition) is 4. The van der Waals surface area contributed by atoms with Gasteiger partial charge in [-0.05, 0) is 13.8 Å². The van der Waals surface area contributed by atoms with E-state index < -0.39 is 18.0 Å². The van der Waals surface area contributed by atoms with Crippen molar-refractivity contribution in [2.75, 3.05) is 6.61 Å². The van der Waals surface area contributed by atoms with E-state index >= 15 is 0 Å². The van der Waals surface area contributed by atoms with Gasteiger partial charge < -0.3 is 14.9 Å². The van der Waals surface area contributed by atoms with Crippen LogP contribution < -0.4 is 5.32 Å². The lowest BCUT2D eigenvalue weighted by Gasteiger charge is -1.99. The summed E-state index contributed by atoms with van der Waals surface area (Å²) in [5.74, 6) is -1.91. The Labute approximate surface area is 92.7 Å². The van der Waals surface area contributed by atoms with Gasteiger partial charge in [0.2, 0.25) is 0 Å². The van der Waals surface area contributed by atoms with Gasteiger partial charge in [0, 0.05) is 13.1 Å². The fourth-order valence-corrected chi connectivity index (χ4v) is 0.402. The Morgan fingerprint density at radius 3 is 2.00 bits per heavy atom. The lowest BCUT2D eigenvalue weighted by Crippen LogP contribution is -2.19. The van der Waals surface area contributed by atoms with Crippen molar-refractivity contribution in [3.63, 3.8) is 0 Å². The van der Waals surface area contributed by atoms with Crippen LogP contribution in [0, 0.1) is 0 Å². The second-order valence-corrected chi connectivity index (χ2v) is 2.52. The zero-order valence-corrected chi connectivity index (χ0v) is 9.31. The van der Waals surface area contributed by atoms with Crippen LogP contribution >= 0.6 is 0 Å². The van der Waals surface area contributed by atoms with Crippen LogP contribution in [-0.4, -0.2) is 34.9 Å². The molecule has 0 aliphatic rings. The number of aliphatic carboxylic acids is 2. The summed E-state index contributed by atoms with van der Waals surface area (Å²) >= 11 is 0. The van der Waals surface area contributed by atoms with Crippen molar-refractivity contribution in [3.05, 3.63) is 11.8 Å². The molecule has 0 spiro atoms. The van der Waals surface area contributed by atoms with Gasteiger partial charge in [0.05, 0.1) is 12.2 Å². The molecule has 1 amide bonds. The number of amides is 1. The van der Waals surface area contributed by atoms with E-state index in [9.17, 15) is 9.59 Å². The zero-order valence-electron chi connectivity index (χ0n) is 9.31. The number of rotatable bonds is 3. The quantitative estimate of drug-likeness (QED) is 0.622. The normalized spacial score (nSPS) is 9.56. The third-order valence-corrected chi connectivity index (χ3v) is 1.02. The van der Waals surface area contributed by atoms with E-state index in [4.69, 9.17) is 15.0 Å². The van der Waals surface area contributed by atoms with Gasteiger partial charge in [-0.3, -0.25) is 10.1 Å². The summed E-state index contributed by atoms with van der Waals surface area (Å²) in [6.45, 7) is 4.37. The third kappa shape index (κ3) is 14.5. The number of carbonyl (C=O) groups is 3.